The predicted molar refractivity (Wildman–Crippen MR) is 74.9 cm³/mol. The number of hydrogen-bond donors (Lipinski definition) is 2. The van der Waals surface area contributed by atoms with Crippen molar-refractivity contribution in [1.29, 1.82) is 0 Å². The van der Waals surface area contributed by atoms with Crippen LogP contribution in [0.4, 0.5) is 0 Å². The third kappa shape index (κ3) is 4.67. The first-order valence-electron chi connectivity index (χ1n) is 6.75. The number of aliphatic hydroxyl groups excluding tert-OH is 1. The first-order chi connectivity index (χ1) is 8.81. The van der Waals surface area contributed by atoms with Gasteiger partial charge in [-0.25, -0.2) is 0 Å². The van der Waals surface area contributed by atoms with Gasteiger partial charge in [0.1, 0.15) is 0 Å². The van der Waals surface area contributed by atoms with Crippen LogP contribution >= 0.6 is 0 Å². The molecule has 0 bridgehead atoms. The minimum atomic E-state index is -0.472. The number of aryl methyl sites for hydroxylation is 2. The van der Waals surface area contributed by atoms with E-state index >= 15 is 0 Å². The molecule has 0 radical (unpaired) electrons. The Kier molecular flexibility index (Phi) is 5.54. The molecule has 0 aromatic carbocycles. The lowest BCUT2D eigenvalue weighted by molar-refractivity contribution is -0.121. The number of amides is 1. The smallest absolute Gasteiger partial charge is 0.224 e. The summed E-state index contributed by atoms with van der Waals surface area (Å²) in [5.74, 6) is 0.358. The molecule has 1 heterocycles. The molecule has 1 amide bonds. The van der Waals surface area contributed by atoms with E-state index in [2.05, 4.69) is 10.4 Å². The Morgan fingerprint density at radius 2 is 2.05 bits per heavy atom. The second-order valence-corrected chi connectivity index (χ2v) is 5.54. The van der Waals surface area contributed by atoms with Gasteiger partial charge in [-0.2, -0.15) is 5.10 Å². The van der Waals surface area contributed by atoms with Gasteiger partial charge in [-0.05, 0) is 26.2 Å². The molecule has 5 heteroatoms. The fourth-order valence-electron chi connectivity index (χ4n) is 2.16. The molecule has 1 unspecified atom stereocenters. The molecule has 1 aromatic rings. The third-order valence-corrected chi connectivity index (χ3v) is 3.27. The summed E-state index contributed by atoms with van der Waals surface area (Å²) >= 11 is 0. The molecule has 108 valence electrons. The zero-order valence-corrected chi connectivity index (χ0v) is 12.5. The van der Waals surface area contributed by atoms with Crippen molar-refractivity contribution in [3.8, 4) is 0 Å². The van der Waals surface area contributed by atoms with Crippen LogP contribution in [0.3, 0.4) is 0 Å². The summed E-state index contributed by atoms with van der Waals surface area (Å²) in [5, 5.41) is 16.8. The highest BCUT2D eigenvalue weighted by Gasteiger charge is 2.14. The Hall–Kier alpha value is -1.36. The van der Waals surface area contributed by atoms with Gasteiger partial charge in [0.15, 0.2) is 0 Å². The molecule has 0 aliphatic rings. The van der Waals surface area contributed by atoms with Crippen LogP contribution in [0, 0.1) is 19.8 Å². The van der Waals surface area contributed by atoms with Gasteiger partial charge in [-0.3, -0.25) is 9.48 Å². The fraction of sp³-hybridized carbons (Fsp3) is 0.714. The number of aliphatic hydroxyl groups is 1. The van der Waals surface area contributed by atoms with E-state index in [0.29, 0.717) is 25.3 Å². The lowest BCUT2D eigenvalue weighted by Crippen LogP contribution is -2.33. The summed E-state index contributed by atoms with van der Waals surface area (Å²) < 4.78 is 1.78. The summed E-state index contributed by atoms with van der Waals surface area (Å²) in [6.07, 6.45) is 0.547. The molecular weight excluding hydrogens is 242 g/mol. The molecule has 0 aliphatic carbocycles. The van der Waals surface area contributed by atoms with Crippen molar-refractivity contribution < 1.29 is 9.90 Å². The maximum absolute atomic E-state index is 11.9. The van der Waals surface area contributed by atoms with Gasteiger partial charge in [0.2, 0.25) is 5.91 Å². The average molecular weight is 267 g/mol. The zero-order chi connectivity index (χ0) is 14.6. The first-order valence-corrected chi connectivity index (χ1v) is 6.75. The third-order valence-electron chi connectivity index (χ3n) is 3.27. The first kappa shape index (κ1) is 15.7. The minimum Gasteiger partial charge on any atom is -0.391 e. The van der Waals surface area contributed by atoms with E-state index in [4.69, 9.17) is 0 Å². The molecular formula is C14H25N3O2. The zero-order valence-electron chi connectivity index (χ0n) is 12.5. The lowest BCUT2D eigenvalue weighted by Gasteiger charge is -2.13. The van der Waals surface area contributed by atoms with Crippen LogP contribution in [0.1, 0.15) is 37.2 Å². The van der Waals surface area contributed by atoms with Gasteiger partial charge in [0.05, 0.1) is 18.2 Å². The second-order valence-electron chi connectivity index (χ2n) is 5.54. The van der Waals surface area contributed by atoms with Crippen LogP contribution in [0.25, 0.3) is 0 Å². The largest absolute Gasteiger partial charge is 0.391 e. The molecule has 0 saturated carbocycles. The molecule has 0 aliphatic heterocycles. The van der Waals surface area contributed by atoms with Crippen LogP contribution in [-0.2, 0) is 18.3 Å². The minimum absolute atomic E-state index is 0.0676. The SMILES string of the molecule is Cc1nn(C)c(C)c1CC(=O)NCC(O)CC(C)C. The van der Waals surface area contributed by atoms with E-state index in [0.717, 1.165) is 17.0 Å². The van der Waals surface area contributed by atoms with Gasteiger partial charge in [-0.1, -0.05) is 13.8 Å². The Morgan fingerprint density at radius 3 is 2.53 bits per heavy atom. The lowest BCUT2D eigenvalue weighted by atomic mass is 10.1. The van der Waals surface area contributed by atoms with Crippen LogP contribution in [-0.4, -0.2) is 33.4 Å². The van der Waals surface area contributed by atoms with Crippen molar-refractivity contribution in [2.24, 2.45) is 13.0 Å². The highest BCUT2D eigenvalue weighted by Crippen LogP contribution is 2.12. The maximum Gasteiger partial charge on any atom is 0.224 e. The molecule has 1 atom stereocenters. The summed E-state index contributed by atoms with van der Waals surface area (Å²) in [7, 11) is 1.87. The van der Waals surface area contributed by atoms with Crippen LogP contribution in [0.15, 0.2) is 0 Å². The van der Waals surface area contributed by atoms with Crippen LogP contribution in [0.2, 0.25) is 0 Å². The summed E-state index contributed by atoms with van der Waals surface area (Å²) in [6, 6.07) is 0. The number of rotatable bonds is 6. The van der Waals surface area contributed by atoms with Crippen molar-refractivity contribution in [1.82, 2.24) is 15.1 Å². The number of carbonyl (C=O) groups excluding carboxylic acids is 1. The van der Waals surface area contributed by atoms with Gasteiger partial charge >= 0.3 is 0 Å². The number of aromatic nitrogens is 2. The van der Waals surface area contributed by atoms with E-state index in [1.54, 1.807) is 4.68 Å². The molecule has 1 rings (SSSR count). The number of carbonyl (C=O) groups is 1. The summed E-state index contributed by atoms with van der Waals surface area (Å²) in [4.78, 5) is 11.9. The van der Waals surface area contributed by atoms with E-state index in [1.807, 2.05) is 34.7 Å². The second kappa shape index (κ2) is 6.70. The van der Waals surface area contributed by atoms with Gasteiger partial charge in [0.25, 0.3) is 0 Å². The maximum atomic E-state index is 11.9. The highest BCUT2D eigenvalue weighted by molar-refractivity contribution is 5.79. The predicted octanol–water partition coefficient (Wildman–Crippen LogP) is 1.10. The molecule has 5 nitrogen and oxygen atoms in total. The number of nitrogens with one attached hydrogen (secondary N) is 1. The van der Waals surface area contributed by atoms with E-state index in [9.17, 15) is 9.90 Å². The van der Waals surface area contributed by atoms with Crippen molar-refractivity contribution in [3.63, 3.8) is 0 Å². The van der Waals surface area contributed by atoms with E-state index in [-0.39, 0.29) is 5.91 Å². The standard InChI is InChI=1S/C14H25N3O2/c1-9(2)6-12(18)8-15-14(19)7-13-10(3)16-17(5)11(13)4/h9,12,18H,6-8H2,1-5H3,(H,15,19). The fourth-order valence-corrected chi connectivity index (χ4v) is 2.16. The number of nitrogens with zero attached hydrogens (tertiary/aromatic N) is 2. The topological polar surface area (TPSA) is 67.2 Å². The van der Waals surface area contributed by atoms with Gasteiger partial charge in [0, 0.05) is 24.8 Å². The van der Waals surface area contributed by atoms with Crippen molar-refractivity contribution in [2.75, 3.05) is 6.54 Å². The van der Waals surface area contributed by atoms with Crippen LogP contribution in [0.5, 0.6) is 0 Å². The van der Waals surface area contributed by atoms with Crippen molar-refractivity contribution >= 4 is 5.91 Å². The Labute approximate surface area is 115 Å². The average Bonchev–Trinajstić information content (AvgIpc) is 2.52. The van der Waals surface area contributed by atoms with Crippen LogP contribution < -0.4 is 5.32 Å². The molecule has 2 N–H and O–H groups in total. The molecule has 0 spiro atoms. The van der Waals surface area contributed by atoms with E-state index in [1.165, 1.54) is 0 Å². The van der Waals surface area contributed by atoms with Crippen molar-refractivity contribution in [2.45, 2.75) is 46.6 Å². The number of hydrogen-bond acceptors (Lipinski definition) is 3. The Balaban J connectivity index is 2.47. The molecule has 0 fully saturated rings. The van der Waals surface area contributed by atoms with E-state index < -0.39 is 6.10 Å². The van der Waals surface area contributed by atoms with Crippen molar-refractivity contribution in [3.05, 3.63) is 17.0 Å². The quantitative estimate of drug-likeness (QED) is 0.811. The van der Waals surface area contributed by atoms with Gasteiger partial charge < -0.3 is 10.4 Å². The molecule has 1 aromatic heterocycles. The summed E-state index contributed by atoms with van der Waals surface area (Å²) in [5.41, 5.74) is 2.87. The monoisotopic (exact) mass is 267 g/mol. The normalized spacial score (nSPS) is 12.8. The molecule has 0 saturated heterocycles. The summed E-state index contributed by atoms with van der Waals surface area (Å²) in [6.45, 7) is 8.27. The highest BCUT2D eigenvalue weighted by atomic mass is 16.3. The van der Waals surface area contributed by atoms with Gasteiger partial charge in [-0.15, -0.1) is 0 Å². The molecule has 19 heavy (non-hydrogen) atoms. The Bertz CT molecular complexity index is 438. The Morgan fingerprint density at radius 1 is 1.42 bits per heavy atom.